The Hall–Kier alpha value is -2.08. The van der Waals surface area contributed by atoms with E-state index < -0.39 is 0 Å². The number of carbonyl (C=O) groups excluding carboxylic acids is 1. The molecule has 29 heavy (non-hydrogen) atoms. The van der Waals surface area contributed by atoms with Crippen LogP contribution in [0, 0.1) is 0 Å². The third-order valence-corrected chi connectivity index (χ3v) is 5.31. The molecule has 1 aliphatic heterocycles. The molecule has 1 aromatic heterocycles. The van der Waals surface area contributed by atoms with Gasteiger partial charge in [0.2, 0.25) is 0 Å². The largest absolute Gasteiger partial charge is 0.463 e. The predicted molar refractivity (Wildman–Crippen MR) is 118 cm³/mol. The number of likely N-dealkylation sites (tertiary alicyclic amines) is 1. The highest BCUT2D eigenvalue weighted by molar-refractivity contribution is 6.33. The van der Waals surface area contributed by atoms with E-state index in [2.05, 4.69) is 21.3 Å². The molecule has 0 saturated carbocycles. The molecule has 1 aliphatic rings. The van der Waals surface area contributed by atoms with E-state index in [1.807, 2.05) is 18.2 Å². The molecule has 0 bridgehead atoms. The maximum Gasteiger partial charge on any atom is 0.330 e. The van der Waals surface area contributed by atoms with Crippen molar-refractivity contribution < 1.29 is 9.53 Å². The summed E-state index contributed by atoms with van der Waals surface area (Å²) < 4.78 is 4.87. The zero-order valence-electron chi connectivity index (χ0n) is 16.4. The van der Waals surface area contributed by atoms with Crippen LogP contribution in [0.25, 0.3) is 6.08 Å². The zero-order chi connectivity index (χ0) is 20.6. The van der Waals surface area contributed by atoms with E-state index in [0.29, 0.717) is 23.5 Å². The number of anilines is 1. The van der Waals surface area contributed by atoms with Crippen LogP contribution in [0.15, 0.2) is 42.6 Å². The molecule has 2 aromatic rings. The first-order chi connectivity index (χ1) is 14.0. The van der Waals surface area contributed by atoms with Crippen molar-refractivity contribution >= 4 is 41.1 Å². The second kappa shape index (κ2) is 10.6. The molecule has 3 rings (SSSR count). The van der Waals surface area contributed by atoms with E-state index >= 15 is 0 Å². The van der Waals surface area contributed by atoms with Crippen molar-refractivity contribution in [2.24, 2.45) is 0 Å². The highest BCUT2D eigenvalue weighted by Gasteiger charge is 2.20. The summed E-state index contributed by atoms with van der Waals surface area (Å²) in [5.41, 5.74) is 1.99. The first-order valence-electron chi connectivity index (χ1n) is 9.77. The van der Waals surface area contributed by atoms with Crippen LogP contribution in [0.4, 0.5) is 5.82 Å². The molecule has 5 nitrogen and oxygen atoms in total. The smallest absolute Gasteiger partial charge is 0.330 e. The summed E-state index contributed by atoms with van der Waals surface area (Å²) in [5.74, 6) is 0.295. The molecule has 0 aliphatic carbocycles. The molecular formula is C22H25Cl2N3O2. The lowest BCUT2D eigenvalue weighted by Crippen LogP contribution is -2.38. The number of nitrogens with one attached hydrogen (secondary N) is 1. The lowest BCUT2D eigenvalue weighted by Gasteiger charge is -2.32. The number of benzene rings is 1. The Morgan fingerprint density at radius 1 is 1.31 bits per heavy atom. The standard InChI is InChI=1S/C22H25Cl2N3O2/c1-2-29-21(28)7-6-16-13-20(24)22(25-14-16)26-19-8-10-27(11-9-19)15-17-4-3-5-18(23)12-17/h3-7,12-14,19H,2,8-11,15H2,1H3,(H,25,26)/b7-6+. The van der Waals surface area contributed by atoms with Gasteiger partial charge in [-0.05, 0) is 55.2 Å². The molecule has 1 N–H and O–H groups in total. The summed E-state index contributed by atoms with van der Waals surface area (Å²) in [6.07, 6.45) is 6.75. The molecule has 0 radical (unpaired) electrons. The molecule has 1 fully saturated rings. The maximum atomic E-state index is 11.4. The summed E-state index contributed by atoms with van der Waals surface area (Å²) in [5, 5.41) is 4.77. The monoisotopic (exact) mass is 433 g/mol. The summed E-state index contributed by atoms with van der Waals surface area (Å²) in [4.78, 5) is 18.3. The Kier molecular flexibility index (Phi) is 7.92. The Bertz CT molecular complexity index is 865. The maximum absolute atomic E-state index is 11.4. The molecule has 7 heteroatoms. The fourth-order valence-corrected chi connectivity index (χ4v) is 3.77. The minimum absolute atomic E-state index is 0.330. The van der Waals surface area contributed by atoms with Gasteiger partial charge in [-0.3, -0.25) is 4.90 Å². The molecule has 0 unspecified atom stereocenters. The van der Waals surface area contributed by atoms with Crippen molar-refractivity contribution in [1.82, 2.24) is 9.88 Å². The van der Waals surface area contributed by atoms with Gasteiger partial charge in [-0.25, -0.2) is 9.78 Å². The van der Waals surface area contributed by atoms with E-state index in [1.165, 1.54) is 11.6 Å². The molecular weight excluding hydrogens is 409 g/mol. The van der Waals surface area contributed by atoms with E-state index in [4.69, 9.17) is 27.9 Å². The Balaban J connectivity index is 1.50. The van der Waals surface area contributed by atoms with E-state index in [0.717, 1.165) is 43.1 Å². The van der Waals surface area contributed by atoms with Crippen LogP contribution in [0.2, 0.25) is 10.0 Å². The number of halogens is 2. The summed E-state index contributed by atoms with van der Waals surface area (Å²) in [7, 11) is 0. The van der Waals surface area contributed by atoms with Gasteiger partial charge in [0.25, 0.3) is 0 Å². The van der Waals surface area contributed by atoms with Gasteiger partial charge >= 0.3 is 5.97 Å². The number of carbonyl (C=O) groups is 1. The van der Waals surface area contributed by atoms with Gasteiger partial charge < -0.3 is 10.1 Å². The van der Waals surface area contributed by atoms with Crippen LogP contribution in [-0.2, 0) is 16.1 Å². The molecule has 1 aromatic carbocycles. The second-order valence-corrected chi connectivity index (χ2v) is 7.85. The number of piperidine rings is 1. The van der Waals surface area contributed by atoms with Crippen molar-refractivity contribution in [2.45, 2.75) is 32.4 Å². The fourth-order valence-electron chi connectivity index (χ4n) is 3.33. The van der Waals surface area contributed by atoms with Crippen molar-refractivity contribution in [2.75, 3.05) is 25.0 Å². The number of esters is 1. The van der Waals surface area contributed by atoms with Crippen molar-refractivity contribution in [3.05, 3.63) is 63.8 Å². The molecule has 0 atom stereocenters. The number of pyridine rings is 1. The highest BCUT2D eigenvalue weighted by atomic mass is 35.5. The summed E-state index contributed by atoms with van der Waals surface area (Å²) in [6.45, 7) is 5.04. The van der Waals surface area contributed by atoms with Crippen molar-refractivity contribution in [1.29, 1.82) is 0 Å². The Morgan fingerprint density at radius 2 is 2.10 bits per heavy atom. The molecule has 2 heterocycles. The average molecular weight is 434 g/mol. The quantitative estimate of drug-likeness (QED) is 0.489. The SMILES string of the molecule is CCOC(=O)/C=C/c1cnc(NC2CCN(Cc3cccc(Cl)c3)CC2)c(Cl)c1. The van der Waals surface area contributed by atoms with Crippen LogP contribution < -0.4 is 5.32 Å². The van der Waals surface area contributed by atoms with Crippen molar-refractivity contribution in [3.63, 3.8) is 0 Å². The van der Waals surface area contributed by atoms with Gasteiger partial charge in [-0.2, -0.15) is 0 Å². The number of hydrogen-bond donors (Lipinski definition) is 1. The van der Waals surface area contributed by atoms with Crippen LogP contribution in [-0.4, -0.2) is 41.6 Å². The molecule has 1 saturated heterocycles. The molecule has 0 spiro atoms. The molecule has 0 amide bonds. The lowest BCUT2D eigenvalue weighted by atomic mass is 10.0. The number of aromatic nitrogens is 1. The topological polar surface area (TPSA) is 54.5 Å². The Morgan fingerprint density at radius 3 is 2.79 bits per heavy atom. The lowest BCUT2D eigenvalue weighted by molar-refractivity contribution is -0.137. The second-order valence-electron chi connectivity index (χ2n) is 7.01. The van der Waals surface area contributed by atoms with Crippen LogP contribution >= 0.6 is 23.2 Å². The third kappa shape index (κ3) is 6.74. The van der Waals surface area contributed by atoms with E-state index in [1.54, 1.807) is 25.3 Å². The van der Waals surface area contributed by atoms with Crippen LogP contribution in [0.1, 0.15) is 30.9 Å². The first-order valence-corrected chi connectivity index (χ1v) is 10.5. The van der Waals surface area contributed by atoms with Crippen LogP contribution in [0.5, 0.6) is 0 Å². The van der Waals surface area contributed by atoms with Gasteiger partial charge in [0.1, 0.15) is 5.82 Å². The average Bonchev–Trinajstić information content (AvgIpc) is 2.70. The normalized spacial score (nSPS) is 15.6. The van der Waals surface area contributed by atoms with Gasteiger partial charge in [0.15, 0.2) is 0 Å². The number of hydrogen-bond acceptors (Lipinski definition) is 5. The zero-order valence-corrected chi connectivity index (χ0v) is 17.9. The molecule has 154 valence electrons. The summed E-state index contributed by atoms with van der Waals surface area (Å²) >= 11 is 12.5. The van der Waals surface area contributed by atoms with Gasteiger partial charge in [0.05, 0.1) is 11.6 Å². The van der Waals surface area contributed by atoms with E-state index in [-0.39, 0.29) is 5.97 Å². The first kappa shape index (κ1) is 21.6. The third-order valence-electron chi connectivity index (χ3n) is 4.78. The van der Waals surface area contributed by atoms with Crippen LogP contribution in [0.3, 0.4) is 0 Å². The van der Waals surface area contributed by atoms with Gasteiger partial charge in [-0.1, -0.05) is 35.3 Å². The number of ether oxygens (including phenoxy) is 1. The summed E-state index contributed by atoms with van der Waals surface area (Å²) in [6, 6.07) is 10.1. The minimum Gasteiger partial charge on any atom is -0.463 e. The number of nitrogens with zero attached hydrogens (tertiary/aromatic N) is 2. The minimum atomic E-state index is -0.379. The fraction of sp³-hybridized carbons (Fsp3) is 0.364. The highest BCUT2D eigenvalue weighted by Crippen LogP contribution is 2.24. The van der Waals surface area contributed by atoms with E-state index in [9.17, 15) is 4.79 Å². The van der Waals surface area contributed by atoms with Crippen molar-refractivity contribution in [3.8, 4) is 0 Å². The number of rotatable bonds is 7. The predicted octanol–water partition coefficient (Wildman–Crippen LogP) is 5.04. The Labute approximate surface area is 181 Å². The van der Waals surface area contributed by atoms with Gasteiger partial charge in [0, 0.05) is 43.0 Å². The van der Waals surface area contributed by atoms with Gasteiger partial charge in [-0.15, -0.1) is 0 Å².